The maximum absolute atomic E-state index is 12.6. The molecule has 1 aromatic carbocycles. The lowest BCUT2D eigenvalue weighted by molar-refractivity contribution is -0.137. The van der Waals surface area contributed by atoms with Crippen LogP contribution >= 0.6 is 0 Å². The van der Waals surface area contributed by atoms with E-state index in [0.29, 0.717) is 31.8 Å². The average molecular weight is 313 g/mol. The van der Waals surface area contributed by atoms with Crippen LogP contribution in [-0.2, 0) is 9.59 Å². The number of nitrogens with zero attached hydrogens (tertiary/aromatic N) is 1. The molecular formula is C17H19N3O3. The molecule has 2 aliphatic heterocycles. The lowest BCUT2D eigenvalue weighted by Gasteiger charge is -2.37. The highest BCUT2D eigenvalue weighted by atomic mass is 16.2. The van der Waals surface area contributed by atoms with Gasteiger partial charge in [0.15, 0.2) is 0 Å². The fourth-order valence-electron chi connectivity index (χ4n) is 3.76. The van der Waals surface area contributed by atoms with Crippen molar-refractivity contribution in [3.05, 3.63) is 35.9 Å². The maximum Gasteiger partial charge on any atom is 0.322 e. The number of benzene rings is 1. The molecule has 2 unspecified atom stereocenters. The molecule has 6 heteroatoms. The predicted octanol–water partition coefficient (Wildman–Crippen LogP) is 0.991. The van der Waals surface area contributed by atoms with Crippen molar-refractivity contribution in [3.8, 4) is 0 Å². The third kappa shape index (κ3) is 2.38. The third-order valence-electron chi connectivity index (χ3n) is 5.28. The molecule has 2 atom stereocenters. The summed E-state index contributed by atoms with van der Waals surface area (Å²) in [6.45, 7) is 1.04. The highest BCUT2D eigenvalue weighted by Crippen LogP contribution is 2.48. The summed E-state index contributed by atoms with van der Waals surface area (Å²) in [7, 11) is 0. The van der Waals surface area contributed by atoms with E-state index in [1.807, 2.05) is 23.1 Å². The fourth-order valence-corrected chi connectivity index (χ4v) is 3.76. The van der Waals surface area contributed by atoms with Crippen LogP contribution in [0.25, 0.3) is 0 Å². The Morgan fingerprint density at radius 2 is 1.83 bits per heavy atom. The van der Waals surface area contributed by atoms with Crippen LogP contribution in [0.4, 0.5) is 4.79 Å². The van der Waals surface area contributed by atoms with Crippen molar-refractivity contribution in [3.63, 3.8) is 0 Å². The van der Waals surface area contributed by atoms with Crippen molar-refractivity contribution in [1.82, 2.24) is 15.5 Å². The van der Waals surface area contributed by atoms with Crippen LogP contribution in [0.3, 0.4) is 0 Å². The monoisotopic (exact) mass is 313 g/mol. The van der Waals surface area contributed by atoms with Crippen molar-refractivity contribution >= 4 is 17.8 Å². The Kier molecular flexibility index (Phi) is 3.14. The van der Waals surface area contributed by atoms with E-state index in [-0.39, 0.29) is 17.7 Å². The number of carbonyl (C=O) groups is 3. The number of piperidine rings is 1. The van der Waals surface area contributed by atoms with E-state index in [4.69, 9.17) is 0 Å². The van der Waals surface area contributed by atoms with Crippen LogP contribution in [0.15, 0.2) is 30.3 Å². The summed E-state index contributed by atoms with van der Waals surface area (Å²) in [5.41, 5.74) is 0.415. The normalized spacial score (nSPS) is 28.4. The predicted molar refractivity (Wildman–Crippen MR) is 82.5 cm³/mol. The smallest absolute Gasteiger partial charge is 0.322 e. The number of amides is 4. The molecule has 1 aromatic rings. The van der Waals surface area contributed by atoms with Crippen molar-refractivity contribution in [2.24, 2.45) is 5.92 Å². The highest BCUT2D eigenvalue weighted by Gasteiger charge is 2.51. The van der Waals surface area contributed by atoms with Crippen molar-refractivity contribution in [2.45, 2.75) is 30.7 Å². The number of likely N-dealkylation sites (tertiary alicyclic amines) is 1. The van der Waals surface area contributed by atoms with Gasteiger partial charge in [0.05, 0.1) is 0 Å². The Morgan fingerprint density at radius 1 is 1.13 bits per heavy atom. The van der Waals surface area contributed by atoms with Gasteiger partial charge in [0.1, 0.15) is 5.54 Å². The van der Waals surface area contributed by atoms with Crippen molar-refractivity contribution < 1.29 is 14.4 Å². The summed E-state index contributed by atoms with van der Waals surface area (Å²) >= 11 is 0. The van der Waals surface area contributed by atoms with Gasteiger partial charge in [0.2, 0.25) is 5.91 Å². The molecule has 120 valence electrons. The second-order valence-electron chi connectivity index (χ2n) is 6.68. The summed E-state index contributed by atoms with van der Waals surface area (Å²) in [5.74, 6) is 0.314. The second-order valence-corrected chi connectivity index (χ2v) is 6.68. The summed E-state index contributed by atoms with van der Waals surface area (Å²) in [6, 6.07) is 9.69. The number of rotatable bonds is 2. The fraction of sp³-hybridized carbons (Fsp3) is 0.471. The van der Waals surface area contributed by atoms with Gasteiger partial charge in [-0.15, -0.1) is 0 Å². The van der Waals surface area contributed by atoms with Gasteiger partial charge in [-0.05, 0) is 30.7 Å². The highest BCUT2D eigenvalue weighted by molar-refractivity contribution is 6.07. The summed E-state index contributed by atoms with van der Waals surface area (Å²) in [4.78, 5) is 37.7. The first-order valence-electron chi connectivity index (χ1n) is 8.06. The Hall–Kier alpha value is -2.37. The summed E-state index contributed by atoms with van der Waals surface area (Å²) in [5, 5.41) is 5.01. The SMILES string of the molecule is O=C1NC(=O)C2(CCN(C(=O)C3CC3c3ccccc3)CC2)N1. The number of hydrogen-bond donors (Lipinski definition) is 2. The van der Waals surface area contributed by atoms with Gasteiger partial charge in [-0.1, -0.05) is 30.3 Å². The van der Waals surface area contributed by atoms with Gasteiger partial charge < -0.3 is 10.2 Å². The van der Waals surface area contributed by atoms with Gasteiger partial charge in [-0.3, -0.25) is 14.9 Å². The lowest BCUT2D eigenvalue weighted by Crippen LogP contribution is -2.56. The lowest BCUT2D eigenvalue weighted by atomic mass is 9.87. The quantitative estimate of drug-likeness (QED) is 0.799. The van der Waals surface area contributed by atoms with E-state index < -0.39 is 11.6 Å². The van der Waals surface area contributed by atoms with E-state index in [0.717, 1.165) is 6.42 Å². The van der Waals surface area contributed by atoms with Gasteiger partial charge in [-0.25, -0.2) is 4.79 Å². The minimum atomic E-state index is -0.809. The molecule has 23 heavy (non-hydrogen) atoms. The Balaban J connectivity index is 1.37. The van der Waals surface area contributed by atoms with Crippen LogP contribution in [0.1, 0.15) is 30.7 Å². The molecule has 1 spiro atoms. The minimum Gasteiger partial charge on any atom is -0.342 e. The Labute approximate surface area is 134 Å². The van der Waals surface area contributed by atoms with E-state index in [1.165, 1.54) is 5.56 Å². The third-order valence-corrected chi connectivity index (χ3v) is 5.28. The van der Waals surface area contributed by atoms with Crippen LogP contribution in [0.2, 0.25) is 0 Å². The number of imide groups is 1. The number of hydrogen-bond acceptors (Lipinski definition) is 3. The second kappa shape index (κ2) is 5.08. The molecule has 2 N–H and O–H groups in total. The van der Waals surface area contributed by atoms with Crippen LogP contribution in [-0.4, -0.2) is 41.4 Å². The molecule has 2 heterocycles. The average Bonchev–Trinajstić information content (AvgIpc) is 3.31. The standard InChI is InChI=1S/C17H19N3O3/c21-14(13-10-12(13)11-4-2-1-3-5-11)20-8-6-17(7-9-20)15(22)18-16(23)19-17/h1-5,12-13H,6-10H2,(H2,18,19,22,23). The maximum atomic E-state index is 12.6. The molecule has 6 nitrogen and oxygen atoms in total. The molecule has 3 aliphatic rings. The molecule has 0 bridgehead atoms. The molecule has 1 saturated carbocycles. The van der Waals surface area contributed by atoms with E-state index in [1.54, 1.807) is 0 Å². The van der Waals surface area contributed by atoms with E-state index in [9.17, 15) is 14.4 Å². The van der Waals surface area contributed by atoms with Gasteiger partial charge in [0.25, 0.3) is 5.91 Å². The minimum absolute atomic E-state index is 0.0680. The summed E-state index contributed by atoms with van der Waals surface area (Å²) < 4.78 is 0. The zero-order chi connectivity index (χ0) is 16.0. The molecule has 3 fully saturated rings. The number of nitrogens with one attached hydrogen (secondary N) is 2. The van der Waals surface area contributed by atoms with Crippen LogP contribution in [0, 0.1) is 5.92 Å². The van der Waals surface area contributed by atoms with Gasteiger partial charge >= 0.3 is 6.03 Å². The molecular weight excluding hydrogens is 294 g/mol. The number of urea groups is 1. The van der Waals surface area contributed by atoms with Crippen LogP contribution < -0.4 is 10.6 Å². The summed E-state index contributed by atoms with van der Waals surface area (Å²) in [6.07, 6.45) is 1.87. The zero-order valence-electron chi connectivity index (χ0n) is 12.7. The Morgan fingerprint density at radius 3 is 2.43 bits per heavy atom. The largest absolute Gasteiger partial charge is 0.342 e. The van der Waals surface area contributed by atoms with E-state index in [2.05, 4.69) is 22.8 Å². The van der Waals surface area contributed by atoms with Crippen molar-refractivity contribution in [1.29, 1.82) is 0 Å². The first-order chi connectivity index (χ1) is 11.1. The molecule has 4 rings (SSSR count). The van der Waals surface area contributed by atoms with E-state index >= 15 is 0 Å². The molecule has 2 saturated heterocycles. The molecule has 4 amide bonds. The first kappa shape index (κ1) is 14.2. The topological polar surface area (TPSA) is 78.5 Å². The first-order valence-corrected chi connectivity index (χ1v) is 8.06. The zero-order valence-corrected chi connectivity index (χ0v) is 12.7. The number of carbonyl (C=O) groups excluding carboxylic acids is 3. The van der Waals surface area contributed by atoms with Crippen molar-refractivity contribution in [2.75, 3.05) is 13.1 Å². The molecule has 0 radical (unpaired) electrons. The molecule has 1 aliphatic carbocycles. The van der Waals surface area contributed by atoms with Crippen LogP contribution in [0.5, 0.6) is 0 Å². The van der Waals surface area contributed by atoms with Gasteiger partial charge in [0, 0.05) is 19.0 Å². The van der Waals surface area contributed by atoms with Gasteiger partial charge in [-0.2, -0.15) is 0 Å². The molecule has 0 aromatic heterocycles. The Bertz CT molecular complexity index is 665.